The molecule has 1 amide bonds. The van der Waals surface area contributed by atoms with E-state index in [4.69, 9.17) is 5.26 Å². The van der Waals surface area contributed by atoms with Gasteiger partial charge >= 0.3 is 0 Å². The smallest absolute Gasteiger partial charge is 0.241 e. The highest BCUT2D eigenvalue weighted by molar-refractivity contribution is 7.89. The first-order valence-electron chi connectivity index (χ1n) is 11.8. The lowest BCUT2D eigenvalue weighted by Crippen LogP contribution is -2.35. The molecule has 0 aliphatic heterocycles. The van der Waals surface area contributed by atoms with E-state index in [1.807, 2.05) is 66.7 Å². The lowest BCUT2D eigenvalue weighted by atomic mass is 10.0. The summed E-state index contributed by atoms with van der Waals surface area (Å²) in [6.45, 7) is 0. The SMILES string of the molecule is N#Cc1ccc2c(c1)CCC2NC(=O)CC(NS(=O)(=O)c1ccc2ccccc2c1)c1ccccc1. The number of benzene rings is 4. The Morgan fingerprint density at radius 3 is 2.47 bits per heavy atom. The molecule has 180 valence electrons. The van der Waals surface area contributed by atoms with Crippen molar-refractivity contribution in [3.05, 3.63) is 113 Å². The van der Waals surface area contributed by atoms with Crippen LogP contribution < -0.4 is 10.0 Å². The molecule has 6 nitrogen and oxygen atoms in total. The van der Waals surface area contributed by atoms with E-state index < -0.39 is 16.1 Å². The average molecular weight is 496 g/mol. The number of carbonyl (C=O) groups excluding carboxylic acids is 1. The predicted octanol–water partition coefficient (Wildman–Crippen LogP) is 4.92. The monoisotopic (exact) mass is 495 g/mol. The molecule has 0 spiro atoms. The number of rotatable bonds is 7. The molecule has 7 heteroatoms. The van der Waals surface area contributed by atoms with Crippen LogP contribution in [0.2, 0.25) is 0 Å². The summed E-state index contributed by atoms with van der Waals surface area (Å²) >= 11 is 0. The second kappa shape index (κ2) is 9.94. The van der Waals surface area contributed by atoms with Gasteiger partial charge in [-0.3, -0.25) is 4.79 Å². The first-order chi connectivity index (χ1) is 17.4. The molecule has 0 fully saturated rings. The quantitative estimate of drug-likeness (QED) is 0.380. The average Bonchev–Trinajstić information content (AvgIpc) is 3.30. The number of nitrogens with zero attached hydrogens (tertiary/aromatic N) is 1. The Labute approximate surface area is 210 Å². The summed E-state index contributed by atoms with van der Waals surface area (Å²) < 4.78 is 29.4. The van der Waals surface area contributed by atoms with Gasteiger partial charge in [0.2, 0.25) is 15.9 Å². The normalized spacial score (nSPS) is 15.7. The molecule has 0 heterocycles. The van der Waals surface area contributed by atoms with E-state index in [9.17, 15) is 13.2 Å². The van der Waals surface area contributed by atoms with Crippen molar-refractivity contribution in [3.63, 3.8) is 0 Å². The summed E-state index contributed by atoms with van der Waals surface area (Å²) in [7, 11) is -3.89. The Bertz CT molecular complexity index is 1580. The number of hydrogen-bond donors (Lipinski definition) is 2. The second-order valence-corrected chi connectivity index (χ2v) is 10.7. The lowest BCUT2D eigenvalue weighted by Gasteiger charge is -2.21. The minimum absolute atomic E-state index is 0.0427. The van der Waals surface area contributed by atoms with Crippen LogP contribution in [0.15, 0.2) is 95.9 Å². The van der Waals surface area contributed by atoms with Crippen molar-refractivity contribution in [2.75, 3.05) is 0 Å². The van der Waals surface area contributed by atoms with Gasteiger partial charge in [-0.25, -0.2) is 13.1 Å². The van der Waals surface area contributed by atoms with Gasteiger partial charge in [0, 0.05) is 6.42 Å². The van der Waals surface area contributed by atoms with Gasteiger partial charge in [0.05, 0.1) is 28.6 Å². The summed E-state index contributed by atoms with van der Waals surface area (Å²) in [5.74, 6) is -0.243. The molecule has 0 aromatic heterocycles. The van der Waals surface area contributed by atoms with E-state index in [0.29, 0.717) is 11.1 Å². The van der Waals surface area contributed by atoms with E-state index >= 15 is 0 Å². The van der Waals surface area contributed by atoms with E-state index in [0.717, 1.165) is 34.7 Å². The Morgan fingerprint density at radius 2 is 1.69 bits per heavy atom. The number of hydrogen-bond acceptors (Lipinski definition) is 4. The molecule has 36 heavy (non-hydrogen) atoms. The molecule has 1 aliphatic carbocycles. The zero-order valence-corrected chi connectivity index (χ0v) is 20.3. The zero-order chi connectivity index (χ0) is 25.1. The van der Waals surface area contributed by atoms with Crippen molar-refractivity contribution < 1.29 is 13.2 Å². The molecule has 2 N–H and O–H groups in total. The largest absolute Gasteiger partial charge is 0.349 e. The summed E-state index contributed by atoms with van der Waals surface area (Å²) in [5.41, 5.74) is 3.39. The van der Waals surface area contributed by atoms with Crippen molar-refractivity contribution >= 4 is 26.7 Å². The molecule has 0 saturated heterocycles. The number of aryl methyl sites for hydroxylation is 1. The van der Waals surface area contributed by atoms with Crippen LogP contribution in [0.25, 0.3) is 10.8 Å². The van der Waals surface area contributed by atoms with Crippen LogP contribution >= 0.6 is 0 Å². The first-order valence-corrected chi connectivity index (χ1v) is 13.3. The molecule has 0 bridgehead atoms. The highest BCUT2D eigenvalue weighted by atomic mass is 32.2. The van der Waals surface area contributed by atoms with Crippen LogP contribution in [0, 0.1) is 11.3 Å². The highest BCUT2D eigenvalue weighted by Gasteiger charge is 2.28. The Balaban J connectivity index is 1.36. The minimum atomic E-state index is -3.89. The maximum absolute atomic E-state index is 13.3. The predicted molar refractivity (Wildman–Crippen MR) is 138 cm³/mol. The van der Waals surface area contributed by atoms with Crippen LogP contribution in [-0.2, 0) is 21.2 Å². The number of fused-ring (bicyclic) bond motifs is 2. The molecule has 0 saturated carbocycles. The molecular formula is C29H25N3O3S. The molecule has 5 rings (SSSR count). The third-order valence-electron chi connectivity index (χ3n) is 6.61. The van der Waals surface area contributed by atoms with E-state index in [2.05, 4.69) is 16.1 Å². The van der Waals surface area contributed by atoms with Crippen LogP contribution in [0.1, 0.15) is 47.2 Å². The fraction of sp³-hybridized carbons (Fsp3) is 0.172. The number of nitriles is 1. The Hall–Kier alpha value is -3.99. The van der Waals surface area contributed by atoms with Crippen molar-refractivity contribution in [2.24, 2.45) is 0 Å². The third-order valence-corrected chi connectivity index (χ3v) is 8.07. The maximum atomic E-state index is 13.3. The van der Waals surface area contributed by atoms with Gasteiger partial charge in [0.25, 0.3) is 0 Å². The van der Waals surface area contributed by atoms with Gasteiger partial charge in [-0.05, 0) is 64.6 Å². The van der Waals surface area contributed by atoms with Gasteiger partial charge < -0.3 is 5.32 Å². The van der Waals surface area contributed by atoms with Gasteiger partial charge in [-0.2, -0.15) is 5.26 Å². The number of carbonyl (C=O) groups is 1. The van der Waals surface area contributed by atoms with Gasteiger partial charge in [-0.1, -0.05) is 66.7 Å². The lowest BCUT2D eigenvalue weighted by molar-refractivity contribution is -0.122. The summed E-state index contributed by atoms with van der Waals surface area (Å²) in [6, 6.07) is 28.5. The topological polar surface area (TPSA) is 99.1 Å². The van der Waals surface area contributed by atoms with Crippen LogP contribution in [0.4, 0.5) is 0 Å². The van der Waals surface area contributed by atoms with E-state index in [1.54, 1.807) is 24.3 Å². The summed E-state index contributed by atoms with van der Waals surface area (Å²) in [4.78, 5) is 13.3. The number of nitrogens with one attached hydrogen (secondary N) is 2. The second-order valence-electron chi connectivity index (χ2n) is 8.98. The minimum Gasteiger partial charge on any atom is -0.349 e. The van der Waals surface area contributed by atoms with Crippen molar-refractivity contribution in [1.29, 1.82) is 5.26 Å². The number of sulfonamides is 1. The highest BCUT2D eigenvalue weighted by Crippen LogP contribution is 2.32. The summed E-state index contributed by atoms with van der Waals surface area (Å²) in [5, 5.41) is 14.0. The van der Waals surface area contributed by atoms with Crippen molar-refractivity contribution in [2.45, 2.75) is 36.2 Å². The van der Waals surface area contributed by atoms with Gasteiger partial charge in [0.15, 0.2) is 0 Å². The fourth-order valence-electron chi connectivity index (χ4n) is 4.78. The Morgan fingerprint density at radius 1 is 0.944 bits per heavy atom. The third kappa shape index (κ3) is 5.01. The van der Waals surface area contributed by atoms with E-state index in [-0.39, 0.29) is 23.3 Å². The van der Waals surface area contributed by atoms with E-state index in [1.165, 1.54) is 0 Å². The molecule has 4 aromatic rings. The fourth-order valence-corrected chi connectivity index (χ4v) is 6.04. The van der Waals surface area contributed by atoms with Gasteiger partial charge in [-0.15, -0.1) is 0 Å². The maximum Gasteiger partial charge on any atom is 0.241 e. The van der Waals surface area contributed by atoms with Crippen molar-refractivity contribution in [1.82, 2.24) is 10.0 Å². The first kappa shape index (κ1) is 23.7. The van der Waals surface area contributed by atoms with Crippen LogP contribution in [-0.4, -0.2) is 14.3 Å². The summed E-state index contributed by atoms with van der Waals surface area (Å²) in [6.07, 6.45) is 1.49. The molecule has 2 unspecified atom stereocenters. The van der Waals surface area contributed by atoms with Crippen LogP contribution in [0.5, 0.6) is 0 Å². The molecule has 0 radical (unpaired) electrons. The standard InChI is InChI=1S/C29H25N3O3S/c30-19-20-10-14-26-24(16-20)12-15-27(26)31-29(33)18-28(22-7-2-1-3-8-22)32-36(34,35)25-13-11-21-6-4-5-9-23(21)17-25/h1-11,13-14,16-17,27-28,32H,12,15,18H2,(H,31,33). The molecule has 1 aliphatic rings. The van der Waals surface area contributed by atoms with Gasteiger partial charge in [0.1, 0.15) is 0 Å². The molecule has 2 atom stereocenters. The molecule has 4 aromatic carbocycles. The Kier molecular flexibility index (Phi) is 6.55. The zero-order valence-electron chi connectivity index (χ0n) is 19.5. The van der Waals surface area contributed by atoms with Crippen molar-refractivity contribution in [3.8, 4) is 6.07 Å². The molecular weight excluding hydrogens is 470 g/mol. The number of amides is 1. The van der Waals surface area contributed by atoms with Crippen LogP contribution in [0.3, 0.4) is 0 Å².